The van der Waals surface area contributed by atoms with E-state index < -0.39 is 0 Å². The summed E-state index contributed by atoms with van der Waals surface area (Å²) in [6.45, 7) is 2.49. The molecular weight excluding hydrogens is 242 g/mol. The lowest BCUT2D eigenvalue weighted by Gasteiger charge is -2.07. The number of benzene rings is 1. The molecule has 3 rings (SSSR count). The van der Waals surface area contributed by atoms with Gasteiger partial charge in [-0.1, -0.05) is 12.1 Å². The summed E-state index contributed by atoms with van der Waals surface area (Å²) < 4.78 is 5.56. The fourth-order valence-corrected chi connectivity index (χ4v) is 2.47. The van der Waals surface area contributed by atoms with Crippen LogP contribution in [-0.2, 0) is 11.3 Å². The summed E-state index contributed by atoms with van der Waals surface area (Å²) in [4.78, 5) is 19.2. The highest BCUT2D eigenvalue weighted by Gasteiger charge is 2.17. The molecule has 0 saturated carbocycles. The Balaban J connectivity index is 1.69. The minimum Gasteiger partial charge on any atom is -0.372 e. The molecule has 2 aromatic rings. The van der Waals surface area contributed by atoms with Crippen molar-refractivity contribution in [3.63, 3.8) is 0 Å². The number of ether oxygens (including phenoxy) is 1. The van der Waals surface area contributed by atoms with Crippen molar-refractivity contribution in [3.05, 3.63) is 40.4 Å². The monoisotopic (exact) mass is 260 g/mol. The number of para-hydroxylation sites is 1. The first kappa shape index (κ1) is 12.3. The summed E-state index contributed by atoms with van der Waals surface area (Å²) >= 11 is 0. The van der Waals surface area contributed by atoms with Crippen LogP contribution < -0.4 is 10.9 Å². The number of nitrogens with two attached hydrogens (primary N) is 1. The second kappa shape index (κ2) is 5.50. The summed E-state index contributed by atoms with van der Waals surface area (Å²) in [5, 5.41) is 2.79. The highest BCUT2D eigenvalue weighted by atomic mass is 16.5. The molecule has 1 fully saturated rings. The van der Waals surface area contributed by atoms with Crippen molar-refractivity contribution >= 4 is 10.9 Å². The van der Waals surface area contributed by atoms with Gasteiger partial charge in [0.05, 0.1) is 10.9 Å². The highest BCUT2D eigenvalue weighted by molar-refractivity contribution is 5.77. The standard InChI is InChI=1S/C14H17N3O2/c18-14-11-5-1-2-6-12(11)16-13(17-14)9-15-8-10-4-3-7-19-10/h1-2,5-6,10,15H,3-4,7-9H2,(H,16,17,18)/p+1/t10-/m1/s1. The first-order chi connectivity index (χ1) is 9.33. The average molecular weight is 260 g/mol. The van der Waals surface area contributed by atoms with Gasteiger partial charge in [0.1, 0.15) is 19.2 Å². The van der Waals surface area contributed by atoms with Crippen LogP contribution >= 0.6 is 0 Å². The average Bonchev–Trinajstić information content (AvgIpc) is 2.92. The van der Waals surface area contributed by atoms with E-state index in [9.17, 15) is 4.79 Å². The Hall–Kier alpha value is -1.72. The summed E-state index contributed by atoms with van der Waals surface area (Å²) in [6.07, 6.45) is 2.65. The zero-order valence-corrected chi connectivity index (χ0v) is 10.8. The van der Waals surface area contributed by atoms with Crippen molar-refractivity contribution in [1.29, 1.82) is 0 Å². The van der Waals surface area contributed by atoms with Crippen LogP contribution in [0.4, 0.5) is 0 Å². The summed E-state index contributed by atoms with van der Waals surface area (Å²) in [7, 11) is 0. The van der Waals surface area contributed by atoms with Crippen molar-refractivity contribution in [2.45, 2.75) is 25.5 Å². The number of nitrogens with one attached hydrogen (secondary N) is 1. The van der Waals surface area contributed by atoms with E-state index in [1.54, 1.807) is 6.07 Å². The van der Waals surface area contributed by atoms with E-state index >= 15 is 0 Å². The van der Waals surface area contributed by atoms with Gasteiger partial charge in [-0.3, -0.25) is 4.79 Å². The molecule has 1 aliphatic heterocycles. The number of nitrogens with zero attached hydrogens (tertiary/aromatic N) is 1. The van der Waals surface area contributed by atoms with Crippen LogP contribution in [0, 0.1) is 0 Å². The number of H-pyrrole nitrogens is 1. The van der Waals surface area contributed by atoms with E-state index in [0.717, 1.165) is 37.3 Å². The minimum atomic E-state index is -0.0638. The molecule has 19 heavy (non-hydrogen) atoms. The predicted octanol–water partition coefficient (Wildman–Crippen LogP) is 0.166. The van der Waals surface area contributed by atoms with Gasteiger partial charge in [0, 0.05) is 6.61 Å². The molecule has 1 aromatic carbocycles. The molecule has 1 aromatic heterocycles. The van der Waals surface area contributed by atoms with Crippen LogP contribution in [0.2, 0.25) is 0 Å². The molecule has 100 valence electrons. The topological polar surface area (TPSA) is 71.6 Å². The lowest BCUT2D eigenvalue weighted by Crippen LogP contribution is -2.85. The SMILES string of the molecule is O=c1[nH]c(C[NH2+]C[C@H]2CCCO2)nc2ccccc12. The molecule has 1 aliphatic rings. The molecule has 5 nitrogen and oxygen atoms in total. The van der Waals surface area contributed by atoms with Gasteiger partial charge in [-0.2, -0.15) is 0 Å². The van der Waals surface area contributed by atoms with Crippen LogP contribution in [0.1, 0.15) is 18.7 Å². The number of rotatable bonds is 4. The Morgan fingerprint density at radius 2 is 2.32 bits per heavy atom. The Morgan fingerprint density at radius 1 is 1.42 bits per heavy atom. The van der Waals surface area contributed by atoms with Crippen molar-refractivity contribution in [2.75, 3.05) is 13.2 Å². The summed E-state index contributed by atoms with van der Waals surface area (Å²) in [5.74, 6) is 0.724. The molecular formula is C14H18N3O2+. The Morgan fingerprint density at radius 3 is 3.16 bits per heavy atom. The van der Waals surface area contributed by atoms with E-state index in [1.807, 2.05) is 18.2 Å². The van der Waals surface area contributed by atoms with Gasteiger partial charge < -0.3 is 15.0 Å². The first-order valence-electron chi connectivity index (χ1n) is 6.74. The fraction of sp³-hybridized carbons (Fsp3) is 0.429. The predicted molar refractivity (Wildman–Crippen MR) is 71.8 cm³/mol. The summed E-state index contributed by atoms with van der Waals surface area (Å²) in [5.41, 5.74) is 0.692. The van der Waals surface area contributed by atoms with Gasteiger partial charge in [-0.15, -0.1) is 0 Å². The second-order valence-corrected chi connectivity index (χ2v) is 4.89. The maximum absolute atomic E-state index is 11.9. The largest absolute Gasteiger partial charge is 0.372 e. The fourth-order valence-electron chi connectivity index (χ4n) is 2.47. The first-order valence-corrected chi connectivity index (χ1v) is 6.74. The maximum Gasteiger partial charge on any atom is 0.258 e. The van der Waals surface area contributed by atoms with Gasteiger partial charge in [0.2, 0.25) is 0 Å². The molecule has 0 unspecified atom stereocenters. The molecule has 1 saturated heterocycles. The van der Waals surface area contributed by atoms with Gasteiger partial charge in [0.15, 0.2) is 5.82 Å². The molecule has 0 radical (unpaired) electrons. The number of quaternary nitrogens is 1. The third-order valence-corrected chi connectivity index (χ3v) is 3.45. The van der Waals surface area contributed by atoms with Gasteiger partial charge in [-0.25, -0.2) is 4.98 Å². The van der Waals surface area contributed by atoms with Crippen LogP contribution in [0.3, 0.4) is 0 Å². The Bertz CT molecular complexity index is 617. The lowest BCUT2D eigenvalue weighted by molar-refractivity contribution is -0.677. The molecule has 5 heteroatoms. The van der Waals surface area contributed by atoms with Crippen LogP contribution in [0.25, 0.3) is 10.9 Å². The summed E-state index contributed by atoms with van der Waals surface area (Å²) in [6, 6.07) is 7.41. The maximum atomic E-state index is 11.9. The second-order valence-electron chi connectivity index (χ2n) is 4.89. The minimum absolute atomic E-state index is 0.0638. The van der Waals surface area contributed by atoms with E-state index in [0.29, 0.717) is 18.0 Å². The van der Waals surface area contributed by atoms with Crippen molar-refractivity contribution in [3.8, 4) is 0 Å². The van der Waals surface area contributed by atoms with E-state index in [-0.39, 0.29) is 5.56 Å². The Labute approximate surface area is 111 Å². The number of hydrogen-bond acceptors (Lipinski definition) is 3. The number of hydrogen-bond donors (Lipinski definition) is 2. The van der Waals surface area contributed by atoms with E-state index in [2.05, 4.69) is 15.3 Å². The molecule has 0 amide bonds. The normalized spacial score (nSPS) is 19.1. The molecule has 2 heterocycles. The Kier molecular flexibility index (Phi) is 3.57. The number of aromatic amines is 1. The molecule has 0 spiro atoms. The molecule has 1 atom stereocenters. The lowest BCUT2D eigenvalue weighted by atomic mass is 10.2. The number of aromatic nitrogens is 2. The van der Waals surface area contributed by atoms with E-state index in [1.165, 1.54) is 0 Å². The van der Waals surface area contributed by atoms with Gasteiger partial charge in [-0.05, 0) is 25.0 Å². The van der Waals surface area contributed by atoms with Crippen LogP contribution in [0.5, 0.6) is 0 Å². The quantitative estimate of drug-likeness (QED) is 0.823. The van der Waals surface area contributed by atoms with E-state index in [4.69, 9.17) is 4.74 Å². The molecule has 0 bridgehead atoms. The van der Waals surface area contributed by atoms with Crippen LogP contribution in [0.15, 0.2) is 29.1 Å². The third-order valence-electron chi connectivity index (χ3n) is 3.45. The third kappa shape index (κ3) is 2.83. The smallest absolute Gasteiger partial charge is 0.258 e. The zero-order chi connectivity index (χ0) is 13.1. The van der Waals surface area contributed by atoms with Crippen LogP contribution in [-0.4, -0.2) is 29.2 Å². The molecule has 3 N–H and O–H groups in total. The molecule has 0 aliphatic carbocycles. The van der Waals surface area contributed by atoms with Gasteiger partial charge in [0.25, 0.3) is 5.56 Å². The van der Waals surface area contributed by atoms with Gasteiger partial charge >= 0.3 is 0 Å². The van der Waals surface area contributed by atoms with Crippen molar-refractivity contribution in [2.24, 2.45) is 0 Å². The highest BCUT2D eigenvalue weighted by Crippen LogP contribution is 2.09. The van der Waals surface area contributed by atoms with Crippen molar-refractivity contribution in [1.82, 2.24) is 9.97 Å². The van der Waals surface area contributed by atoms with Crippen molar-refractivity contribution < 1.29 is 10.1 Å². The number of fused-ring (bicyclic) bond motifs is 1. The zero-order valence-electron chi connectivity index (χ0n) is 10.8.